The van der Waals surface area contributed by atoms with Crippen LogP contribution >= 0.6 is 34.5 Å². The summed E-state index contributed by atoms with van der Waals surface area (Å²) in [7, 11) is 0. The number of pyridine rings is 1. The van der Waals surface area contributed by atoms with Crippen LogP contribution in [0.25, 0.3) is 21.5 Å². The van der Waals surface area contributed by atoms with E-state index >= 15 is 4.39 Å². The number of aryl methyl sites for hydroxylation is 1. The number of halogens is 3. The van der Waals surface area contributed by atoms with Gasteiger partial charge in [0.15, 0.2) is 5.01 Å². The van der Waals surface area contributed by atoms with Crippen molar-refractivity contribution >= 4 is 68.1 Å². The van der Waals surface area contributed by atoms with Gasteiger partial charge in [-0.3, -0.25) is 19.8 Å². The van der Waals surface area contributed by atoms with E-state index in [1.54, 1.807) is 28.8 Å². The zero-order chi connectivity index (χ0) is 28.6. The molecule has 0 radical (unpaired) electrons. The molecule has 1 aliphatic rings. The van der Waals surface area contributed by atoms with Crippen LogP contribution in [-0.2, 0) is 11.3 Å². The summed E-state index contributed by atoms with van der Waals surface area (Å²) in [5, 5.41) is 22.1. The molecule has 0 bridgehead atoms. The number of nitrogens with zero attached hydrogens (tertiary/aromatic N) is 5. The lowest BCUT2D eigenvalue weighted by Crippen LogP contribution is -2.49. The quantitative estimate of drug-likeness (QED) is 0.317. The molecule has 0 spiro atoms. The number of rotatable bonds is 7. The fourth-order valence-corrected chi connectivity index (χ4v) is 5.96. The van der Waals surface area contributed by atoms with E-state index in [0.29, 0.717) is 69.7 Å². The summed E-state index contributed by atoms with van der Waals surface area (Å²) in [4.78, 5) is 40.5. The van der Waals surface area contributed by atoms with Gasteiger partial charge in [0.2, 0.25) is 16.5 Å². The summed E-state index contributed by atoms with van der Waals surface area (Å²) in [6.45, 7) is 4.27. The van der Waals surface area contributed by atoms with Crippen molar-refractivity contribution in [1.82, 2.24) is 19.7 Å². The van der Waals surface area contributed by atoms with Crippen molar-refractivity contribution in [2.45, 2.75) is 13.5 Å². The topological polar surface area (TPSA) is 121 Å². The smallest absolute Gasteiger partial charge is 0.341 e. The molecule has 4 aromatic rings. The number of amides is 1. The Bertz CT molecular complexity index is 1690. The number of carbonyl (C=O) groups is 2. The Balaban J connectivity index is 1.23. The number of hydrogen-bond donors (Lipinski definition) is 2. The van der Waals surface area contributed by atoms with Gasteiger partial charge >= 0.3 is 5.97 Å². The van der Waals surface area contributed by atoms with Crippen LogP contribution in [0.15, 0.2) is 41.3 Å². The van der Waals surface area contributed by atoms with E-state index in [-0.39, 0.29) is 17.8 Å². The number of fused-ring (bicyclic) bond motifs is 1. The Hall–Kier alpha value is -3.58. The summed E-state index contributed by atoms with van der Waals surface area (Å²) < 4.78 is 16.8. The van der Waals surface area contributed by atoms with Crippen molar-refractivity contribution < 1.29 is 19.1 Å². The number of hydrogen-bond acceptors (Lipinski definition) is 8. The first-order valence-corrected chi connectivity index (χ1v) is 13.9. The predicted molar refractivity (Wildman–Crippen MR) is 153 cm³/mol. The van der Waals surface area contributed by atoms with Crippen molar-refractivity contribution in [2.75, 3.05) is 42.9 Å². The highest BCUT2D eigenvalue weighted by atomic mass is 35.5. The van der Waals surface area contributed by atoms with Crippen LogP contribution in [0.5, 0.6) is 0 Å². The van der Waals surface area contributed by atoms with Gasteiger partial charge in [0, 0.05) is 54.9 Å². The monoisotopic (exact) mass is 604 g/mol. The average molecular weight is 605 g/mol. The summed E-state index contributed by atoms with van der Waals surface area (Å²) in [6, 6.07) is 7.74. The second-order valence-electron chi connectivity index (χ2n) is 9.13. The first-order valence-electron chi connectivity index (χ1n) is 12.3. The zero-order valence-electron chi connectivity index (χ0n) is 21.2. The summed E-state index contributed by atoms with van der Waals surface area (Å²) in [6.07, 6.45) is 1.29. The lowest BCUT2D eigenvalue weighted by atomic mass is 10.1. The van der Waals surface area contributed by atoms with Crippen molar-refractivity contribution in [2.24, 2.45) is 0 Å². The molecule has 1 saturated heterocycles. The molecule has 40 heavy (non-hydrogen) atoms. The van der Waals surface area contributed by atoms with Crippen LogP contribution in [0.3, 0.4) is 0 Å². The maximum absolute atomic E-state index is 15.1. The molecule has 0 unspecified atom stereocenters. The van der Waals surface area contributed by atoms with Gasteiger partial charge in [-0.05, 0) is 37.3 Å². The lowest BCUT2D eigenvalue weighted by molar-refractivity contribution is -0.117. The molecule has 0 atom stereocenters. The molecular weight excluding hydrogens is 582 g/mol. The van der Waals surface area contributed by atoms with Crippen molar-refractivity contribution in [3.63, 3.8) is 0 Å². The lowest BCUT2D eigenvalue weighted by Gasteiger charge is -2.36. The first kappa shape index (κ1) is 28.0. The third-order valence-electron chi connectivity index (χ3n) is 6.63. The highest BCUT2D eigenvalue weighted by Gasteiger charge is 2.24. The Morgan fingerprint density at radius 3 is 2.55 bits per heavy atom. The Morgan fingerprint density at radius 2 is 1.88 bits per heavy atom. The van der Waals surface area contributed by atoms with Crippen LogP contribution in [0, 0.1) is 5.82 Å². The molecule has 2 aromatic heterocycles. The molecule has 2 N–H and O–H groups in total. The average Bonchev–Trinajstić information content (AvgIpc) is 3.37. The number of carbonyl (C=O) groups excluding carboxylic acids is 1. The number of nitrogens with one attached hydrogen (secondary N) is 1. The van der Waals surface area contributed by atoms with Crippen molar-refractivity contribution in [3.05, 3.63) is 68.2 Å². The molecular formula is C26H23Cl2FN6O4S. The maximum atomic E-state index is 15.1. The normalized spacial score (nSPS) is 14.1. The molecule has 14 heteroatoms. The first-order chi connectivity index (χ1) is 19.1. The minimum Gasteiger partial charge on any atom is -0.477 e. The molecule has 1 aliphatic heterocycles. The number of piperazine rings is 1. The Kier molecular flexibility index (Phi) is 8.04. The van der Waals surface area contributed by atoms with Gasteiger partial charge in [-0.1, -0.05) is 34.5 Å². The summed E-state index contributed by atoms with van der Waals surface area (Å²) in [5.74, 6) is -2.21. The van der Waals surface area contributed by atoms with Crippen molar-refractivity contribution in [1.29, 1.82) is 0 Å². The van der Waals surface area contributed by atoms with E-state index in [2.05, 4.69) is 15.5 Å². The largest absolute Gasteiger partial charge is 0.477 e. The fraction of sp³-hybridized carbons (Fsp3) is 0.269. The minimum absolute atomic E-state index is 0.0245. The van der Waals surface area contributed by atoms with E-state index < -0.39 is 22.8 Å². The third kappa shape index (κ3) is 5.66. The van der Waals surface area contributed by atoms with Gasteiger partial charge in [-0.25, -0.2) is 9.18 Å². The molecule has 10 nitrogen and oxygen atoms in total. The fourth-order valence-electron chi connectivity index (χ4n) is 4.61. The number of anilines is 2. The molecule has 208 valence electrons. The Morgan fingerprint density at radius 1 is 1.12 bits per heavy atom. The highest BCUT2D eigenvalue weighted by molar-refractivity contribution is 7.18. The SMILES string of the molecule is CCn1cc(C(=O)O)c(=O)c2cc(F)c(N3CCN(CC(=O)Nc4nnc(-c5ccc(Cl)cc5Cl)s4)CC3)cc21. The number of benzene rings is 2. The van der Waals surface area contributed by atoms with Gasteiger partial charge in [0.1, 0.15) is 11.4 Å². The highest BCUT2D eigenvalue weighted by Crippen LogP contribution is 2.33. The number of carboxylic acids is 1. The van der Waals surface area contributed by atoms with E-state index in [1.165, 1.54) is 17.5 Å². The van der Waals surface area contributed by atoms with E-state index in [1.807, 2.05) is 16.7 Å². The molecule has 3 heterocycles. The van der Waals surface area contributed by atoms with Crippen LogP contribution in [0.4, 0.5) is 15.2 Å². The number of aromatic carboxylic acids is 1. The van der Waals surface area contributed by atoms with Crippen LogP contribution in [0.1, 0.15) is 17.3 Å². The molecule has 0 saturated carbocycles. The summed E-state index contributed by atoms with van der Waals surface area (Å²) in [5.41, 5.74) is 0.342. The molecule has 5 rings (SSSR count). The molecule has 1 fully saturated rings. The Labute approximate surface area is 241 Å². The number of aromatic nitrogens is 3. The number of carboxylic acid groups (broad SMARTS) is 1. The van der Waals surface area contributed by atoms with Gasteiger partial charge in [-0.15, -0.1) is 10.2 Å². The van der Waals surface area contributed by atoms with Gasteiger partial charge in [-0.2, -0.15) is 0 Å². The van der Waals surface area contributed by atoms with Gasteiger partial charge in [0.25, 0.3) is 0 Å². The van der Waals surface area contributed by atoms with Crippen molar-refractivity contribution in [3.8, 4) is 10.6 Å². The molecule has 2 aromatic carbocycles. The van der Waals surface area contributed by atoms with E-state index in [0.717, 1.165) is 6.07 Å². The second-order valence-corrected chi connectivity index (χ2v) is 11.0. The zero-order valence-corrected chi connectivity index (χ0v) is 23.5. The standard InChI is InChI=1S/C26H23Cl2FN6O4S/c1-2-34-12-17(25(38)39)23(37)16-10-19(29)21(11-20(16)34)35-7-5-33(6-8-35)13-22(36)30-26-32-31-24(40-26)15-4-3-14(27)9-18(15)28/h3-4,9-12H,2,5-8,13H2,1H3,(H,38,39)(H,30,32,36). The van der Waals surface area contributed by atoms with Gasteiger partial charge < -0.3 is 14.6 Å². The third-order valence-corrected chi connectivity index (χ3v) is 8.05. The molecule has 1 amide bonds. The maximum Gasteiger partial charge on any atom is 0.341 e. The van der Waals surface area contributed by atoms with E-state index in [9.17, 15) is 19.5 Å². The van der Waals surface area contributed by atoms with E-state index in [4.69, 9.17) is 23.2 Å². The van der Waals surface area contributed by atoms with Gasteiger partial charge in [0.05, 0.1) is 22.8 Å². The van der Waals surface area contributed by atoms with Crippen LogP contribution < -0.4 is 15.6 Å². The second kappa shape index (κ2) is 11.5. The summed E-state index contributed by atoms with van der Waals surface area (Å²) >= 11 is 13.4. The van der Waals surface area contributed by atoms with Crippen LogP contribution in [-0.4, -0.2) is 69.4 Å². The minimum atomic E-state index is -1.35. The molecule has 0 aliphatic carbocycles. The van der Waals surface area contributed by atoms with Crippen LogP contribution in [0.2, 0.25) is 10.0 Å². The predicted octanol–water partition coefficient (Wildman–Crippen LogP) is 4.44.